The van der Waals surface area contributed by atoms with Crippen LogP contribution in [0.25, 0.3) is 0 Å². The standard InChI is InChI=1S/C15H16N2O2/c1-11(12-7-9-16-10-8-12)17-15(18)13-5-3-4-6-14(13)19-2/h3-11H,1-2H3,(H,17,18). The van der Waals surface area contributed by atoms with Crippen molar-refractivity contribution in [1.29, 1.82) is 0 Å². The quantitative estimate of drug-likeness (QED) is 0.914. The molecule has 1 heterocycles. The Morgan fingerprint density at radius 2 is 1.89 bits per heavy atom. The van der Waals surface area contributed by atoms with Gasteiger partial charge in [0.2, 0.25) is 0 Å². The number of pyridine rings is 1. The van der Waals surface area contributed by atoms with Crippen molar-refractivity contribution in [2.24, 2.45) is 0 Å². The Hall–Kier alpha value is -2.36. The van der Waals surface area contributed by atoms with E-state index >= 15 is 0 Å². The highest BCUT2D eigenvalue weighted by Crippen LogP contribution is 2.19. The van der Waals surface area contributed by atoms with Crippen molar-refractivity contribution in [2.75, 3.05) is 7.11 Å². The minimum atomic E-state index is -0.151. The first-order valence-electron chi connectivity index (χ1n) is 6.06. The van der Waals surface area contributed by atoms with Gasteiger partial charge in [-0.3, -0.25) is 9.78 Å². The molecule has 1 unspecified atom stereocenters. The van der Waals surface area contributed by atoms with Crippen LogP contribution in [0.3, 0.4) is 0 Å². The number of para-hydroxylation sites is 1. The number of aromatic nitrogens is 1. The zero-order valence-corrected chi connectivity index (χ0v) is 11.0. The molecule has 2 aromatic rings. The molecule has 2 rings (SSSR count). The van der Waals surface area contributed by atoms with Gasteiger partial charge in [-0.25, -0.2) is 0 Å². The summed E-state index contributed by atoms with van der Waals surface area (Å²) in [4.78, 5) is 16.2. The summed E-state index contributed by atoms with van der Waals surface area (Å²) in [7, 11) is 1.55. The van der Waals surface area contributed by atoms with Crippen LogP contribution in [-0.2, 0) is 0 Å². The monoisotopic (exact) mass is 256 g/mol. The molecule has 0 radical (unpaired) electrons. The number of hydrogen-bond acceptors (Lipinski definition) is 3. The minimum absolute atomic E-state index is 0.0830. The Balaban J connectivity index is 2.13. The predicted molar refractivity (Wildman–Crippen MR) is 73.1 cm³/mol. The predicted octanol–water partition coefficient (Wildman–Crippen LogP) is 2.58. The Morgan fingerprint density at radius 3 is 2.58 bits per heavy atom. The average Bonchev–Trinajstić information content (AvgIpc) is 2.48. The van der Waals surface area contributed by atoms with Gasteiger partial charge in [0.05, 0.1) is 18.7 Å². The summed E-state index contributed by atoms with van der Waals surface area (Å²) < 4.78 is 5.18. The van der Waals surface area contributed by atoms with Gasteiger partial charge < -0.3 is 10.1 Å². The van der Waals surface area contributed by atoms with E-state index in [2.05, 4.69) is 10.3 Å². The van der Waals surface area contributed by atoms with E-state index in [4.69, 9.17) is 4.74 Å². The Morgan fingerprint density at radius 1 is 1.21 bits per heavy atom. The Kier molecular flexibility index (Phi) is 4.13. The van der Waals surface area contributed by atoms with Crippen molar-refractivity contribution in [3.63, 3.8) is 0 Å². The molecular formula is C15H16N2O2. The van der Waals surface area contributed by atoms with Crippen LogP contribution in [0.5, 0.6) is 5.75 Å². The number of benzene rings is 1. The van der Waals surface area contributed by atoms with Crippen LogP contribution in [0.2, 0.25) is 0 Å². The molecular weight excluding hydrogens is 240 g/mol. The van der Waals surface area contributed by atoms with E-state index < -0.39 is 0 Å². The summed E-state index contributed by atoms with van der Waals surface area (Å²) in [6.45, 7) is 1.93. The van der Waals surface area contributed by atoms with Gasteiger partial charge in [-0.15, -0.1) is 0 Å². The van der Waals surface area contributed by atoms with E-state index in [1.165, 1.54) is 0 Å². The zero-order chi connectivity index (χ0) is 13.7. The van der Waals surface area contributed by atoms with Gasteiger partial charge >= 0.3 is 0 Å². The van der Waals surface area contributed by atoms with E-state index in [-0.39, 0.29) is 11.9 Å². The van der Waals surface area contributed by atoms with Crippen LogP contribution >= 0.6 is 0 Å². The first-order valence-corrected chi connectivity index (χ1v) is 6.06. The number of ether oxygens (including phenoxy) is 1. The lowest BCUT2D eigenvalue weighted by molar-refractivity contribution is 0.0937. The molecule has 0 spiro atoms. The van der Waals surface area contributed by atoms with Crippen molar-refractivity contribution in [3.8, 4) is 5.75 Å². The molecule has 98 valence electrons. The number of methoxy groups -OCH3 is 1. The molecule has 1 aromatic carbocycles. The fourth-order valence-electron chi connectivity index (χ4n) is 1.84. The molecule has 19 heavy (non-hydrogen) atoms. The van der Waals surface area contributed by atoms with E-state index in [1.807, 2.05) is 31.2 Å². The normalized spacial score (nSPS) is 11.7. The van der Waals surface area contributed by atoms with Crippen LogP contribution in [-0.4, -0.2) is 18.0 Å². The summed E-state index contributed by atoms with van der Waals surface area (Å²) in [5, 5.41) is 2.94. The maximum atomic E-state index is 12.2. The summed E-state index contributed by atoms with van der Waals surface area (Å²) in [6.07, 6.45) is 3.42. The Labute approximate surface area is 112 Å². The smallest absolute Gasteiger partial charge is 0.255 e. The number of hydrogen-bond donors (Lipinski definition) is 1. The zero-order valence-electron chi connectivity index (χ0n) is 11.0. The first kappa shape index (κ1) is 13.1. The van der Waals surface area contributed by atoms with Gasteiger partial charge in [-0.1, -0.05) is 12.1 Å². The van der Waals surface area contributed by atoms with Crippen LogP contribution in [0, 0.1) is 0 Å². The van der Waals surface area contributed by atoms with Gasteiger partial charge in [0.25, 0.3) is 5.91 Å². The number of rotatable bonds is 4. The highest BCUT2D eigenvalue weighted by molar-refractivity contribution is 5.97. The molecule has 0 saturated carbocycles. The molecule has 0 fully saturated rings. The lowest BCUT2D eigenvalue weighted by Gasteiger charge is -2.15. The summed E-state index contributed by atoms with van der Waals surface area (Å²) in [5.74, 6) is 0.420. The SMILES string of the molecule is COc1ccccc1C(=O)NC(C)c1ccncc1. The number of nitrogens with zero attached hydrogens (tertiary/aromatic N) is 1. The second kappa shape index (κ2) is 6.00. The van der Waals surface area contributed by atoms with Crippen LogP contribution in [0.1, 0.15) is 28.9 Å². The fraction of sp³-hybridized carbons (Fsp3) is 0.200. The van der Waals surface area contributed by atoms with Crippen LogP contribution < -0.4 is 10.1 Å². The van der Waals surface area contributed by atoms with Gasteiger partial charge in [0.15, 0.2) is 0 Å². The molecule has 0 aliphatic heterocycles. The fourth-order valence-corrected chi connectivity index (χ4v) is 1.84. The van der Waals surface area contributed by atoms with E-state index in [1.54, 1.807) is 31.6 Å². The maximum Gasteiger partial charge on any atom is 0.255 e. The summed E-state index contributed by atoms with van der Waals surface area (Å²) in [6, 6.07) is 10.8. The third kappa shape index (κ3) is 3.10. The lowest BCUT2D eigenvalue weighted by atomic mass is 10.1. The summed E-state index contributed by atoms with van der Waals surface area (Å²) >= 11 is 0. The highest BCUT2D eigenvalue weighted by Gasteiger charge is 2.14. The molecule has 1 N–H and O–H groups in total. The molecule has 0 saturated heterocycles. The third-order valence-corrected chi connectivity index (χ3v) is 2.91. The van der Waals surface area contributed by atoms with Crippen molar-refractivity contribution in [1.82, 2.24) is 10.3 Å². The van der Waals surface area contributed by atoms with Gasteiger partial charge in [-0.05, 0) is 36.8 Å². The lowest BCUT2D eigenvalue weighted by Crippen LogP contribution is -2.27. The molecule has 0 aliphatic rings. The molecule has 0 bridgehead atoms. The largest absolute Gasteiger partial charge is 0.496 e. The molecule has 1 aromatic heterocycles. The van der Waals surface area contributed by atoms with Crippen molar-refractivity contribution in [2.45, 2.75) is 13.0 Å². The van der Waals surface area contributed by atoms with Crippen LogP contribution in [0.15, 0.2) is 48.8 Å². The van der Waals surface area contributed by atoms with Crippen molar-refractivity contribution in [3.05, 3.63) is 59.9 Å². The minimum Gasteiger partial charge on any atom is -0.496 e. The number of carbonyl (C=O) groups excluding carboxylic acids is 1. The Bertz CT molecular complexity index is 555. The molecule has 1 atom stereocenters. The number of nitrogens with one attached hydrogen (secondary N) is 1. The number of carbonyl (C=O) groups is 1. The molecule has 4 heteroatoms. The van der Waals surface area contributed by atoms with E-state index in [0.29, 0.717) is 11.3 Å². The van der Waals surface area contributed by atoms with Gasteiger partial charge in [0, 0.05) is 12.4 Å². The highest BCUT2D eigenvalue weighted by atomic mass is 16.5. The third-order valence-electron chi connectivity index (χ3n) is 2.91. The topological polar surface area (TPSA) is 51.2 Å². The number of amides is 1. The molecule has 0 aliphatic carbocycles. The first-order chi connectivity index (χ1) is 9.22. The molecule has 4 nitrogen and oxygen atoms in total. The second-order valence-corrected chi connectivity index (χ2v) is 4.18. The van der Waals surface area contributed by atoms with Gasteiger partial charge in [-0.2, -0.15) is 0 Å². The van der Waals surface area contributed by atoms with Crippen molar-refractivity contribution >= 4 is 5.91 Å². The molecule has 1 amide bonds. The summed E-state index contributed by atoms with van der Waals surface area (Å²) in [5.41, 5.74) is 1.55. The average molecular weight is 256 g/mol. The second-order valence-electron chi connectivity index (χ2n) is 4.18. The van der Waals surface area contributed by atoms with E-state index in [9.17, 15) is 4.79 Å². The van der Waals surface area contributed by atoms with Gasteiger partial charge in [0.1, 0.15) is 5.75 Å². The van der Waals surface area contributed by atoms with E-state index in [0.717, 1.165) is 5.56 Å². The maximum absolute atomic E-state index is 12.2. The van der Waals surface area contributed by atoms with Crippen molar-refractivity contribution < 1.29 is 9.53 Å². The van der Waals surface area contributed by atoms with Crippen LogP contribution in [0.4, 0.5) is 0 Å².